The minimum Gasteiger partial charge on any atom is -0.467 e. The summed E-state index contributed by atoms with van der Waals surface area (Å²) in [6.07, 6.45) is 2.95. The van der Waals surface area contributed by atoms with Gasteiger partial charge >= 0.3 is 18.0 Å². The second-order valence-corrected chi connectivity index (χ2v) is 5.95. The van der Waals surface area contributed by atoms with Crippen molar-refractivity contribution in [2.75, 3.05) is 13.7 Å². The normalized spacial score (nSPS) is 16.4. The Morgan fingerprint density at radius 1 is 1.36 bits per heavy atom. The van der Waals surface area contributed by atoms with Crippen molar-refractivity contribution in [1.82, 2.24) is 20.2 Å². The molecule has 0 radical (unpaired) electrons. The van der Waals surface area contributed by atoms with Gasteiger partial charge in [0.25, 0.3) is 0 Å². The molecule has 1 atom stereocenters. The number of urea groups is 1. The molecule has 1 aliphatic rings. The highest BCUT2D eigenvalue weighted by atomic mass is 16.5. The Balaban J connectivity index is 2.04. The molecular weight excluding hydrogens is 368 g/mol. The van der Waals surface area contributed by atoms with Crippen molar-refractivity contribution in [2.24, 2.45) is 0 Å². The number of aryl methyl sites for hydroxylation is 1. The largest absolute Gasteiger partial charge is 0.467 e. The maximum Gasteiger partial charge on any atom is 0.358 e. The Bertz CT molecular complexity index is 928. The summed E-state index contributed by atoms with van der Waals surface area (Å²) >= 11 is 0. The molecule has 28 heavy (non-hydrogen) atoms. The Hall–Kier alpha value is -3.56. The molecule has 0 aromatic carbocycles. The Labute approximate surface area is 160 Å². The van der Waals surface area contributed by atoms with Crippen molar-refractivity contribution in [3.05, 3.63) is 53.1 Å². The molecule has 2 amide bonds. The van der Waals surface area contributed by atoms with Gasteiger partial charge < -0.3 is 29.1 Å². The number of rotatable bonds is 6. The molecule has 2 N–H and O–H groups in total. The van der Waals surface area contributed by atoms with E-state index in [-0.39, 0.29) is 24.4 Å². The van der Waals surface area contributed by atoms with Crippen LogP contribution in [0.4, 0.5) is 4.79 Å². The number of nitrogens with one attached hydrogen (secondary N) is 2. The number of carbonyl (C=O) groups is 3. The van der Waals surface area contributed by atoms with Gasteiger partial charge in [-0.25, -0.2) is 19.4 Å². The number of allylic oxidation sites excluding steroid dienone is 1. The fourth-order valence-electron chi connectivity index (χ4n) is 2.90. The SMILES string of the molecule is CCOC(=O)C1=C(Cn2cc(C(=O)OC)nc2C)NC(=O)N[C@@H]1c1ccco1. The number of carbonyl (C=O) groups excluding carboxylic acids is 3. The van der Waals surface area contributed by atoms with E-state index in [0.29, 0.717) is 17.3 Å². The second-order valence-electron chi connectivity index (χ2n) is 5.95. The number of methoxy groups -OCH3 is 1. The molecule has 0 aliphatic carbocycles. The number of aromatic nitrogens is 2. The zero-order valence-corrected chi connectivity index (χ0v) is 15.6. The van der Waals surface area contributed by atoms with Crippen molar-refractivity contribution in [1.29, 1.82) is 0 Å². The lowest BCUT2D eigenvalue weighted by atomic mass is 10.00. The third-order valence-corrected chi connectivity index (χ3v) is 4.18. The summed E-state index contributed by atoms with van der Waals surface area (Å²) < 4.78 is 16.9. The van der Waals surface area contributed by atoms with E-state index in [2.05, 4.69) is 20.4 Å². The second kappa shape index (κ2) is 7.99. The van der Waals surface area contributed by atoms with Crippen LogP contribution in [0.25, 0.3) is 0 Å². The third kappa shape index (κ3) is 3.75. The maximum atomic E-state index is 12.6. The summed E-state index contributed by atoms with van der Waals surface area (Å²) in [4.78, 5) is 40.7. The van der Waals surface area contributed by atoms with Crippen LogP contribution >= 0.6 is 0 Å². The summed E-state index contributed by atoms with van der Waals surface area (Å²) in [6, 6.07) is 2.02. The minimum atomic E-state index is -0.804. The summed E-state index contributed by atoms with van der Waals surface area (Å²) in [6.45, 7) is 3.65. The molecule has 10 heteroatoms. The van der Waals surface area contributed by atoms with E-state index in [0.717, 1.165) is 0 Å². The first-order chi connectivity index (χ1) is 13.4. The van der Waals surface area contributed by atoms with Gasteiger partial charge in [0.1, 0.15) is 17.6 Å². The predicted molar refractivity (Wildman–Crippen MR) is 95.1 cm³/mol. The van der Waals surface area contributed by atoms with Gasteiger partial charge in [0.15, 0.2) is 5.69 Å². The number of imidazole rings is 1. The lowest BCUT2D eigenvalue weighted by Gasteiger charge is -2.28. The number of ether oxygens (including phenoxy) is 2. The van der Waals surface area contributed by atoms with Crippen LogP contribution in [-0.4, -0.2) is 41.2 Å². The van der Waals surface area contributed by atoms with Crippen molar-refractivity contribution >= 4 is 18.0 Å². The molecular formula is C18H20N4O6. The molecule has 1 aliphatic heterocycles. The quantitative estimate of drug-likeness (QED) is 0.718. The summed E-state index contributed by atoms with van der Waals surface area (Å²) in [5.41, 5.74) is 0.658. The summed E-state index contributed by atoms with van der Waals surface area (Å²) in [5, 5.41) is 5.32. The molecule has 0 bridgehead atoms. The van der Waals surface area contributed by atoms with Crippen LogP contribution in [0.5, 0.6) is 0 Å². The van der Waals surface area contributed by atoms with Gasteiger partial charge in [-0.3, -0.25) is 0 Å². The van der Waals surface area contributed by atoms with Crippen LogP contribution in [0.3, 0.4) is 0 Å². The van der Waals surface area contributed by atoms with Crippen LogP contribution in [0, 0.1) is 6.92 Å². The van der Waals surface area contributed by atoms with E-state index < -0.39 is 24.0 Å². The van der Waals surface area contributed by atoms with E-state index in [1.165, 1.54) is 19.6 Å². The molecule has 2 aromatic rings. The zero-order chi connectivity index (χ0) is 20.3. The Morgan fingerprint density at radius 2 is 2.14 bits per heavy atom. The molecule has 10 nitrogen and oxygen atoms in total. The van der Waals surface area contributed by atoms with Crippen LogP contribution in [0.1, 0.15) is 35.0 Å². The highest BCUT2D eigenvalue weighted by molar-refractivity contribution is 5.95. The van der Waals surface area contributed by atoms with Gasteiger partial charge in [0.2, 0.25) is 0 Å². The number of esters is 2. The standard InChI is InChI=1S/C18H20N4O6/c1-4-27-17(24)14-11(8-22-9-12(16(23)26-3)19-10(22)2)20-18(25)21-15(14)13-6-5-7-28-13/h5-7,9,15H,4,8H2,1-3H3,(H2,20,21,25)/t15-/m1/s1. The number of amides is 2. The van der Waals surface area contributed by atoms with Crippen LogP contribution in [-0.2, 0) is 20.8 Å². The monoisotopic (exact) mass is 388 g/mol. The highest BCUT2D eigenvalue weighted by Gasteiger charge is 2.35. The Morgan fingerprint density at radius 3 is 2.79 bits per heavy atom. The maximum absolute atomic E-state index is 12.6. The topological polar surface area (TPSA) is 125 Å². The molecule has 0 saturated heterocycles. The van der Waals surface area contributed by atoms with Crippen molar-refractivity contribution in [3.63, 3.8) is 0 Å². The van der Waals surface area contributed by atoms with Crippen molar-refractivity contribution in [2.45, 2.75) is 26.4 Å². The van der Waals surface area contributed by atoms with Gasteiger partial charge in [-0.1, -0.05) is 0 Å². The van der Waals surface area contributed by atoms with E-state index >= 15 is 0 Å². The van der Waals surface area contributed by atoms with Crippen molar-refractivity contribution in [3.8, 4) is 0 Å². The molecule has 0 spiro atoms. The average Bonchev–Trinajstić information content (AvgIpc) is 3.31. The summed E-state index contributed by atoms with van der Waals surface area (Å²) in [7, 11) is 1.26. The van der Waals surface area contributed by atoms with Gasteiger partial charge in [0.05, 0.1) is 37.8 Å². The van der Waals surface area contributed by atoms with E-state index in [1.54, 1.807) is 30.5 Å². The van der Waals surface area contributed by atoms with Crippen LogP contribution < -0.4 is 10.6 Å². The molecule has 148 valence electrons. The third-order valence-electron chi connectivity index (χ3n) is 4.18. The number of hydrogen-bond acceptors (Lipinski definition) is 7. The average molecular weight is 388 g/mol. The molecule has 0 saturated carbocycles. The van der Waals surface area contributed by atoms with E-state index in [1.807, 2.05) is 0 Å². The first-order valence-electron chi connectivity index (χ1n) is 8.57. The molecule has 3 rings (SSSR count). The van der Waals surface area contributed by atoms with E-state index in [4.69, 9.17) is 9.15 Å². The first kappa shape index (κ1) is 19.2. The molecule has 3 heterocycles. The van der Waals surface area contributed by atoms with Crippen LogP contribution in [0.15, 0.2) is 40.3 Å². The lowest BCUT2D eigenvalue weighted by Crippen LogP contribution is -2.46. The zero-order valence-electron chi connectivity index (χ0n) is 15.6. The minimum absolute atomic E-state index is 0.0919. The van der Waals surface area contributed by atoms with Crippen molar-refractivity contribution < 1.29 is 28.3 Å². The number of nitrogens with zero attached hydrogens (tertiary/aromatic N) is 2. The lowest BCUT2D eigenvalue weighted by molar-refractivity contribution is -0.139. The van der Waals surface area contributed by atoms with Gasteiger partial charge in [-0.15, -0.1) is 0 Å². The predicted octanol–water partition coefficient (Wildman–Crippen LogP) is 1.44. The Kier molecular flexibility index (Phi) is 5.48. The fraction of sp³-hybridized carbons (Fsp3) is 0.333. The van der Waals surface area contributed by atoms with E-state index in [9.17, 15) is 14.4 Å². The summed E-state index contributed by atoms with van der Waals surface area (Å²) in [5.74, 6) is -0.256. The molecule has 0 unspecified atom stereocenters. The first-order valence-corrected chi connectivity index (χ1v) is 8.57. The highest BCUT2D eigenvalue weighted by Crippen LogP contribution is 2.29. The van der Waals surface area contributed by atoms with Gasteiger partial charge in [-0.2, -0.15) is 0 Å². The number of furan rings is 1. The number of hydrogen-bond donors (Lipinski definition) is 2. The molecule has 0 fully saturated rings. The van der Waals surface area contributed by atoms with Gasteiger partial charge in [0, 0.05) is 6.20 Å². The molecule has 2 aromatic heterocycles. The van der Waals surface area contributed by atoms with Crippen LogP contribution in [0.2, 0.25) is 0 Å². The fourth-order valence-corrected chi connectivity index (χ4v) is 2.90. The smallest absolute Gasteiger partial charge is 0.358 e. The van der Waals surface area contributed by atoms with Gasteiger partial charge in [-0.05, 0) is 26.0 Å².